The van der Waals surface area contributed by atoms with Crippen LogP contribution in [0.5, 0.6) is 0 Å². The average Bonchev–Trinajstić information content (AvgIpc) is 3.53. The van der Waals surface area contributed by atoms with E-state index in [0.29, 0.717) is 19.3 Å². The maximum absolute atomic E-state index is 13.2. The van der Waals surface area contributed by atoms with Gasteiger partial charge in [0.25, 0.3) is 0 Å². The molecule has 1 rings (SSSR count). The molecule has 12 heteroatoms. The minimum absolute atomic E-state index is 0.0420. The Morgan fingerprint density at radius 3 is 1.26 bits per heavy atom. The second-order valence-corrected chi connectivity index (χ2v) is 21.7. The van der Waals surface area contributed by atoms with Crippen LogP contribution in [0.25, 0.3) is 0 Å². The number of ether oxygens (including phenoxy) is 5. The Kier molecular flexibility index (Phi) is 51.7. The van der Waals surface area contributed by atoms with Gasteiger partial charge in [0.15, 0.2) is 24.6 Å². The van der Waals surface area contributed by atoms with Gasteiger partial charge in [0.05, 0.1) is 6.61 Å². The van der Waals surface area contributed by atoms with Crippen LogP contribution >= 0.6 is 0 Å². The maximum Gasteiger partial charge on any atom is 0.335 e. The minimum atomic E-state index is -1.92. The molecule has 0 aromatic carbocycles. The minimum Gasteiger partial charge on any atom is -0.479 e. The molecule has 0 aromatic rings. The third-order valence-electron chi connectivity index (χ3n) is 14.2. The largest absolute Gasteiger partial charge is 0.479 e. The SMILES string of the molecule is CC/C=C\C/C=C\C/C=C\C/C=C\C/C=C\C/C=C\CCC(=O)OCC(COC1OC(C(=O)O)C(O)C(O)C1OC(=O)CCCCCCCCC/C=C\C/C=C\CCCCC)OC(=O)CCCCCCCCCCCCCCCCC. The monoisotopic (exact) mass is 1130 g/mol. The first-order valence-electron chi connectivity index (χ1n) is 32.2. The van der Waals surface area contributed by atoms with E-state index in [1.54, 1.807) is 0 Å². The maximum atomic E-state index is 13.2. The first-order chi connectivity index (χ1) is 39.6. The summed E-state index contributed by atoms with van der Waals surface area (Å²) >= 11 is 0. The van der Waals surface area contributed by atoms with Gasteiger partial charge in [-0.25, -0.2) is 4.79 Å². The molecule has 1 saturated heterocycles. The molecule has 0 radical (unpaired) electrons. The molecule has 81 heavy (non-hydrogen) atoms. The highest BCUT2D eigenvalue weighted by molar-refractivity contribution is 5.74. The van der Waals surface area contributed by atoms with E-state index in [1.165, 1.54) is 89.9 Å². The lowest BCUT2D eigenvalue weighted by Crippen LogP contribution is -2.61. The van der Waals surface area contributed by atoms with E-state index in [9.17, 15) is 34.5 Å². The van der Waals surface area contributed by atoms with Crippen LogP contribution < -0.4 is 0 Å². The van der Waals surface area contributed by atoms with Crippen molar-refractivity contribution in [3.8, 4) is 0 Å². The number of carbonyl (C=O) groups is 4. The van der Waals surface area contributed by atoms with Crippen LogP contribution in [0.3, 0.4) is 0 Å². The Hall–Kier alpha value is -4.36. The Labute approximate surface area is 492 Å². The fraction of sp³-hybridized carbons (Fsp3) is 0.710. The zero-order chi connectivity index (χ0) is 58.9. The normalized spacial score (nSPS) is 18.4. The smallest absolute Gasteiger partial charge is 0.335 e. The van der Waals surface area contributed by atoms with Crippen molar-refractivity contribution < 1.29 is 58.2 Å². The Morgan fingerprint density at radius 2 is 0.802 bits per heavy atom. The van der Waals surface area contributed by atoms with Gasteiger partial charge < -0.3 is 39.0 Å². The van der Waals surface area contributed by atoms with Crippen molar-refractivity contribution in [3.63, 3.8) is 0 Å². The van der Waals surface area contributed by atoms with Crippen molar-refractivity contribution in [2.75, 3.05) is 13.2 Å². The number of rotatable bonds is 54. The molecule has 1 heterocycles. The molecule has 1 fully saturated rings. The third kappa shape index (κ3) is 45.8. The number of hydrogen-bond donors (Lipinski definition) is 3. The summed E-state index contributed by atoms with van der Waals surface area (Å²) in [5.41, 5.74) is 0. The third-order valence-corrected chi connectivity index (χ3v) is 14.2. The van der Waals surface area contributed by atoms with E-state index in [1.807, 2.05) is 12.2 Å². The fourth-order valence-electron chi connectivity index (χ4n) is 9.25. The van der Waals surface area contributed by atoms with Gasteiger partial charge in [-0.15, -0.1) is 0 Å². The first-order valence-corrected chi connectivity index (χ1v) is 32.2. The molecule has 0 saturated carbocycles. The quantitative estimate of drug-likeness (QED) is 0.0228. The van der Waals surface area contributed by atoms with Crippen LogP contribution in [0.15, 0.2) is 97.2 Å². The lowest BCUT2D eigenvalue weighted by molar-refractivity contribution is -0.301. The summed E-state index contributed by atoms with van der Waals surface area (Å²) < 4.78 is 28.4. The molecule has 6 atom stereocenters. The Bertz CT molecular complexity index is 1780. The Balaban J connectivity index is 2.71. The number of aliphatic carboxylic acids is 1. The molecule has 0 aliphatic carbocycles. The van der Waals surface area contributed by atoms with Crippen molar-refractivity contribution in [2.24, 2.45) is 0 Å². The Morgan fingerprint density at radius 1 is 0.420 bits per heavy atom. The molecule has 0 amide bonds. The lowest BCUT2D eigenvalue weighted by Gasteiger charge is -2.40. The van der Waals surface area contributed by atoms with Crippen molar-refractivity contribution in [1.29, 1.82) is 0 Å². The summed E-state index contributed by atoms with van der Waals surface area (Å²) in [6.45, 7) is 5.81. The highest BCUT2D eigenvalue weighted by Gasteiger charge is 2.50. The standard InChI is InChI=1S/C69H114O12/c1-4-7-10-13-16-19-22-25-28-30-31-33-35-37-40-43-46-49-52-55-61(70)77-58-60(79-62(71)56-53-50-47-44-41-38-34-27-24-21-18-15-12-9-6-3)59-78-69-67(65(74)64(73)66(81-69)68(75)76)80-63(72)57-54-51-48-45-42-39-36-32-29-26-23-20-17-14-11-8-5-2/h7,10,16-17,19-20,25-26,28-29,31,33,37,40,46,49,60,64-67,69,73-74H,4-6,8-9,11-15,18,21-24,27,30,32,34-36,38-39,41-45,47-48,50-59H2,1-3H3,(H,75,76)/b10-7-,19-16-,20-17-,28-25-,29-26-,33-31-,40-37-,49-46-. The van der Waals surface area contributed by atoms with Crippen molar-refractivity contribution >= 4 is 23.9 Å². The van der Waals surface area contributed by atoms with E-state index in [4.69, 9.17) is 23.7 Å². The molecule has 1 aliphatic heterocycles. The zero-order valence-corrected chi connectivity index (χ0v) is 51.0. The lowest BCUT2D eigenvalue weighted by atomic mass is 9.98. The first kappa shape index (κ1) is 74.7. The molecule has 3 N–H and O–H groups in total. The van der Waals surface area contributed by atoms with Gasteiger partial charge in [-0.3, -0.25) is 14.4 Å². The fourth-order valence-corrected chi connectivity index (χ4v) is 9.25. The topological polar surface area (TPSA) is 175 Å². The van der Waals surface area contributed by atoms with E-state index < -0.39 is 67.3 Å². The van der Waals surface area contributed by atoms with Crippen molar-refractivity contribution in [2.45, 2.75) is 302 Å². The van der Waals surface area contributed by atoms with Crippen LogP contribution in [-0.4, -0.2) is 89.2 Å². The summed E-state index contributed by atoms with van der Waals surface area (Å²) in [4.78, 5) is 51.3. The number of aliphatic hydroxyl groups is 2. The molecule has 12 nitrogen and oxygen atoms in total. The average molecular weight is 1140 g/mol. The second kappa shape index (κ2) is 56.1. The van der Waals surface area contributed by atoms with Gasteiger partial charge in [-0.05, 0) is 89.9 Å². The van der Waals surface area contributed by atoms with E-state index in [-0.39, 0.29) is 25.9 Å². The number of carbonyl (C=O) groups excluding carboxylic acids is 3. The number of carboxylic acids is 1. The molecule has 462 valence electrons. The van der Waals surface area contributed by atoms with Crippen LogP contribution in [0.1, 0.15) is 265 Å². The summed E-state index contributed by atoms with van der Waals surface area (Å²) in [6.07, 6.45) is 62.3. The summed E-state index contributed by atoms with van der Waals surface area (Å²) in [7, 11) is 0. The molecule has 1 aliphatic rings. The highest BCUT2D eigenvalue weighted by Crippen LogP contribution is 2.26. The number of unbranched alkanes of at least 4 members (excludes halogenated alkanes) is 24. The molecule has 0 aromatic heterocycles. The number of esters is 3. The van der Waals surface area contributed by atoms with E-state index >= 15 is 0 Å². The molecule has 0 spiro atoms. The number of aliphatic hydroxyl groups excluding tert-OH is 2. The van der Waals surface area contributed by atoms with Crippen LogP contribution in [-0.2, 0) is 42.9 Å². The van der Waals surface area contributed by atoms with Crippen molar-refractivity contribution in [1.82, 2.24) is 0 Å². The van der Waals surface area contributed by atoms with E-state index in [0.717, 1.165) is 116 Å². The van der Waals surface area contributed by atoms with Gasteiger partial charge in [-0.2, -0.15) is 0 Å². The summed E-state index contributed by atoms with van der Waals surface area (Å²) in [5, 5.41) is 31.6. The molecule has 0 bridgehead atoms. The molecular formula is C69H114O12. The van der Waals surface area contributed by atoms with Crippen LogP contribution in [0.2, 0.25) is 0 Å². The zero-order valence-electron chi connectivity index (χ0n) is 51.0. The number of hydrogen-bond acceptors (Lipinski definition) is 11. The number of carboxylic acid groups (broad SMARTS) is 1. The molecular weight excluding hydrogens is 1020 g/mol. The van der Waals surface area contributed by atoms with E-state index in [2.05, 4.69) is 106 Å². The number of allylic oxidation sites excluding steroid dienone is 16. The van der Waals surface area contributed by atoms with Crippen molar-refractivity contribution in [3.05, 3.63) is 97.2 Å². The van der Waals surface area contributed by atoms with Crippen LogP contribution in [0, 0.1) is 0 Å². The van der Waals surface area contributed by atoms with Crippen LogP contribution in [0.4, 0.5) is 0 Å². The van der Waals surface area contributed by atoms with Gasteiger partial charge in [0.1, 0.15) is 18.8 Å². The van der Waals surface area contributed by atoms with Gasteiger partial charge >= 0.3 is 23.9 Å². The predicted molar refractivity (Wildman–Crippen MR) is 331 cm³/mol. The second-order valence-electron chi connectivity index (χ2n) is 21.7. The van der Waals surface area contributed by atoms with Gasteiger partial charge in [-0.1, -0.05) is 253 Å². The predicted octanol–water partition coefficient (Wildman–Crippen LogP) is 17.2. The summed E-state index contributed by atoms with van der Waals surface area (Å²) in [6, 6.07) is 0. The molecule has 6 unspecified atom stereocenters. The van der Waals surface area contributed by atoms with Gasteiger partial charge in [0.2, 0.25) is 0 Å². The highest BCUT2D eigenvalue weighted by atomic mass is 16.7. The summed E-state index contributed by atoms with van der Waals surface area (Å²) in [5.74, 6) is -3.23. The van der Waals surface area contributed by atoms with Gasteiger partial charge in [0, 0.05) is 19.3 Å².